The third kappa shape index (κ3) is 2.48. The highest BCUT2D eigenvalue weighted by molar-refractivity contribution is 5.80. The van der Waals surface area contributed by atoms with E-state index >= 15 is 0 Å². The highest BCUT2D eigenvalue weighted by Gasteiger charge is 2.18. The molecular weight excluding hydrogens is 144 g/mol. The maximum absolute atomic E-state index is 10.9. The van der Waals surface area contributed by atoms with Crippen molar-refractivity contribution in [2.45, 2.75) is 25.5 Å². The summed E-state index contributed by atoms with van der Waals surface area (Å²) < 4.78 is 0. The van der Waals surface area contributed by atoms with Crippen molar-refractivity contribution in [1.82, 2.24) is 10.6 Å². The quantitative estimate of drug-likeness (QED) is 0.475. The van der Waals surface area contributed by atoms with Gasteiger partial charge in [-0.05, 0) is 19.9 Å². The highest BCUT2D eigenvalue weighted by atomic mass is 16.3. The fourth-order valence-electron chi connectivity index (χ4n) is 1.10. The summed E-state index contributed by atoms with van der Waals surface area (Å²) in [6.45, 7) is 3.24. The van der Waals surface area contributed by atoms with Crippen molar-refractivity contribution in [3.8, 4) is 0 Å². The monoisotopic (exact) mass is 158 g/mol. The van der Waals surface area contributed by atoms with Gasteiger partial charge in [-0.15, -0.1) is 0 Å². The van der Waals surface area contributed by atoms with E-state index in [9.17, 15) is 4.79 Å². The van der Waals surface area contributed by atoms with E-state index in [-0.39, 0.29) is 11.9 Å². The Morgan fingerprint density at radius 1 is 1.82 bits per heavy atom. The SMILES string of the molecule is C[C@H](O)C(=O)N[C@H]1CCNC1. The van der Waals surface area contributed by atoms with E-state index in [1.807, 2.05) is 0 Å². The lowest BCUT2D eigenvalue weighted by Crippen LogP contribution is -2.41. The number of nitrogens with one attached hydrogen (secondary N) is 2. The van der Waals surface area contributed by atoms with Crippen LogP contribution in [0.15, 0.2) is 0 Å². The smallest absolute Gasteiger partial charge is 0.248 e. The van der Waals surface area contributed by atoms with Gasteiger partial charge in [-0.2, -0.15) is 0 Å². The second-order valence-electron chi connectivity index (χ2n) is 2.87. The Balaban J connectivity index is 2.24. The average Bonchev–Trinajstić information content (AvgIpc) is 2.39. The number of hydrogen-bond acceptors (Lipinski definition) is 3. The zero-order chi connectivity index (χ0) is 8.27. The molecule has 11 heavy (non-hydrogen) atoms. The molecule has 2 atom stereocenters. The van der Waals surface area contributed by atoms with Crippen LogP contribution in [0.5, 0.6) is 0 Å². The minimum atomic E-state index is -0.893. The lowest BCUT2D eigenvalue weighted by atomic mass is 10.2. The molecule has 1 aliphatic rings. The van der Waals surface area contributed by atoms with Crippen molar-refractivity contribution in [2.75, 3.05) is 13.1 Å². The molecule has 4 nitrogen and oxygen atoms in total. The Morgan fingerprint density at radius 2 is 2.55 bits per heavy atom. The van der Waals surface area contributed by atoms with Gasteiger partial charge in [0.05, 0.1) is 0 Å². The Morgan fingerprint density at radius 3 is 3.00 bits per heavy atom. The molecule has 0 unspecified atom stereocenters. The lowest BCUT2D eigenvalue weighted by molar-refractivity contribution is -0.129. The number of aliphatic hydroxyl groups excluding tert-OH is 1. The third-order valence-electron chi connectivity index (χ3n) is 1.79. The number of hydrogen-bond donors (Lipinski definition) is 3. The zero-order valence-corrected chi connectivity index (χ0v) is 6.63. The molecule has 1 aliphatic heterocycles. The number of carbonyl (C=O) groups is 1. The van der Waals surface area contributed by atoms with Gasteiger partial charge in [0.2, 0.25) is 5.91 Å². The Kier molecular flexibility index (Phi) is 2.84. The fraction of sp³-hybridized carbons (Fsp3) is 0.857. The van der Waals surface area contributed by atoms with Gasteiger partial charge in [-0.25, -0.2) is 0 Å². The van der Waals surface area contributed by atoms with E-state index in [4.69, 9.17) is 5.11 Å². The Bertz CT molecular complexity index is 141. The molecule has 1 saturated heterocycles. The summed E-state index contributed by atoms with van der Waals surface area (Å²) in [6, 6.07) is 0.206. The van der Waals surface area contributed by atoms with Crippen molar-refractivity contribution < 1.29 is 9.90 Å². The second kappa shape index (κ2) is 3.69. The molecule has 0 aromatic heterocycles. The highest BCUT2D eigenvalue weighted by Crippen LogP contribution is 1.97. The Labute approximate surface area is 66.0 Å². The van der Waals surface area contributed by atoms with Crippen LogP contribution in [0.25, 0.3) is 0 Å². The van der Waals surface area contributed by atoms with Crippen LogP contribution < -0.4 is 10.6 Å². The lowest BCUT2D eigenvalue weighted by Gasteiger charge is -2.12. The molecular formula is C7H14N2O2. The van der Waals surface area contributed by atoms with E-state index in [1.165, 1.54) is 6.92 Å². The predicted molar refractivity (Wildman–Crippen MR) is 41.1 cm³/mol. The standard InChI is InChI=1S/C7H14N2O2/c1-5(10)7(11)9-6-2-3-8-4-6/h5-6,8,10H,2-4H2,1H3,(H,9,11)/t5-,6-/m0/s1. The average molecular weight is 158 g/mol. The molecule has 0 saturated carbocycles. The van der Waals surface area contributed by atoms with Crippen LogP contribution in [0.3, 0.4) is 0 Å². The first-order valence-electron chi connectivity index (χ1n) is 3.89. The maximum Gasteiger partial charge on any atom is 0.248 e. The molecule has 0 spiro atoms. The Hall–Kier alpha value is -0.610. The molecule has 0 aromatic carbocycles. The summed E-state index contributed by atoms with van der Waals surface area (Å²) in [5.74, 6) is -0.279. The van der Waals surface area contributed by atoms with Crippen LogP contribution >= 0.6 is 0 Å². The van der Waals surface area contributed by atoms with Crippen LogP contribution in [-0.2, 0) is 4.79 Å². The van der Waals surface area contributed by atoms with Crippen molar-refractivity contribution in [1.29, 1.82) is 0 Å². The minimum Gasteiger partial charge on any atom is -0.384 e. The van der Waals surface area contributed by atoms with Gasteiger partial charge in [0.25, 0.3) is 0 Å². The van der Waals surface area contributed by atoms with Crippen molar-refractivity contribution in [3.63, 3.8) is 0 Å². The molecule has 0 aliphatic carbocycles. The van der Waals surface area contributed by atoms with Gasteiger partial charge in [0, 0.05) is 12.6 Å². The van der Waals surface area contributed by atoms with Gasteiger partial charge < -0.3 is 15.7 Å². The summed E-state index contributed by atoms with van der Waals surface area (Å²) in [6.07, 6.45) is 0.0638. The third-order valence-corrected chi connectivity index (χ3v) is 1.79. The topological polar surface area (TPSA) is 61.4 Å². The first-order valence-corrected chi connectivity index (χ1v) is 3.89. The summed E-state index contributed by atoms with van der Waals surface area (Å²) in [5, 5.41) is 14.7. The summed E-state index contributed by atoms with van der Waals surface area (Å²) in [5.41, 5.74) is 0. The summed E-state index contributed by atoms with van der Waals surface area (Å²) >= 11 is 0. The predicted octanol–water partition coefficient (Wildman–Crippen LogP) is -1.15. The molecule has 1 rings (SSSR count). The van der Waals surface area contributed by atoms with E-state index in [2.05, 4.69) is 10.6 Å². The van der Waals surface area contributed by atoms with Crippen LogP contribution in [0.4, 0.5) is 0 Å². The first-order chi connectivity index (χ1) is 5.20. The van der Waals surface area contributed by atoms with E-state index in [0.29, 0.717) is 0 Å². The van der Waals surface area contributed by atoms with Gasteiger partial charge in [-0.3, -0.25) is 4.79 Å². The molecule has 4 heteroatoms. The molecule has 1 heterocycles. The summed E-state index contributed by atoms with van der Waals surface area (Å²) in [4.78, 5) is 10.9. The zero-order valence-electron chi connectivity index (χ0n) is 6.63. The van der Waals surface area contributed by atoms with E-state index < -0.39 is 6.10 Å². The molecule has 1 fully saturated rings. The van der Waals surface area contributed by atoms with Gasteiger partial charge in [-0.1, -0.05) is 0 Å². The van der Waals surface area contributed by atoms with Crippen LogP contribution in [-0.4, -0.2) is 36.2 Å². The largest absolute Gasteiger partial charge is 0.384 e. The number of carbonyl (C=O) groups excluding carboxylic acids is 1. The van der Waals surface area contributed by atoms with Crippen molar-refractivity contribution in [2.24, 2.45) is 0 Å². The van der Waals surface area contributed by atoms with Crippen molar-refractivity contribution >= 4 is 5.91 Å². The van der Waals surface area contributed by atoms with Gasteiger partial charge in [0.1, 0.15) is 6.10 Å². The molecule has 0 bridgehead atoms. The summed E-state index contributed by atoms with van der Waals surface area (Å²) in [7, 11) is 0. The molecule has 0 radical (unpaired) electrons. The number of amides is 1. The number of aliphatic hydroxyl groups is 1. The second-order valence-corrected chi connectivity index (χ2v) is 2.87. The molecule has 0 aromatic rings. The van der Waals surface area contributed by atoms with Crippen LogP contribution in [0.1, 0.15) is 13.3 Å². The van der Waals surface area contributed by atoms with Crippen LogP contribution in [0, 0.1) is 0 Å². The van der Waals surface area contributed by atoms with Gasteiger partial charge in [0.15, 0.2) is 0 Å². The molecule has 1 amide bonds. The first kappa shape index (κ1) is 8.49. The van der Waals surface area contributed by atoms with Crippen molar-refractivity contribution in [3.05, 3.63) is 0 Å². The normalized spacial score (nSPS) is 26.5. The minimum absolute atomic E-state index is 0.206. The molecule has 64 valence electrons. The van der Waals surface area contributed by atoms with E-state index in [1.54, 1.807) is 0 Å². The van der Waals surface area contributed by atoms with Crippen LogP contribution in [0.2, 0.25) is 0 Å². The van der Waals surface area contributed by atoms with Gasteiger partial charge >= 0.3 is 0 Å². The van der Waals surface area contributed by atoms with E-state index in [0.717, 1.165) is 19.5 Å². The number of rotatable bonds is 2. The fourth-order valence-corrected chi connectivity index (χ4v) is 1.10. The molecule has 3 N–H and O–H groups in total. The maximum atomic E-state index is 10.9.